The van der Waals surface area contributed by atoms with Crippen molar-refractivity contribution in [1.29, 1.82) is 0 Å². The summed E-state index contributed by atoms with van der Waals surface area (Å²) in [4.78, 5) is 0. The van der Waals surface area contributed by atoms with Gasteiger partial charge in [-0.25, -0.2) is 0 Å². The van der Waals surface area contributed by atoms with E-state index in [-0.39, 0.29) is 6.42 Å². The molecule has 0 unspecified atom stereocenters. The van der Waals surface area contributed by atoms with Crippen LogP contribution in [0.2, 0.25) is 0 Å². The van der Waals surface area contributed by atoms with E-state index in [1.807, 2.05) is 6.07 Å². The summed E-state index contributed by atoms with van der Waals surface area (Å²) >= 11 is 3.29. The van der Waals surface area contributed by atoms with E-state index in [1.165, 1.54) is 0 Å². The zero-order valence-electron chi connectivity index (χ0n) is 7.74. The Labute approximate surface area is 93.8 Å². The zero-order chi connectivity index (χ0) is 11.1. The summed E-state index contributed by atoms with van der Waals surface area (Å²) in [5.41, 5.74) is 1.52. The normalized spacial score (nSPS) is 20.7. The van der Waals surface area contributed by atoms with Gasteiger partial charge in [-0.2, -0.15) is 13.2 Å². The quantitative estimate of drug-likeness (QED) is 0.763. The second-order valence-corrected chi connectivity index (χ2v) is 4.49. The highest BCUT2D eigenvalue weighted by Crippen LogP contribution is 2.34. The zero-order valence-corrected chi connectivity index (χ0v) is 9.32. The molecule has 82 valence electrons. The lowest BCUT2D eigenvalue weighted by atomic mass is 9.98. The molecule has 1 N–H and O–H groups in total. The van der Waals surface area contributed by atoms with Gasteiger partial charge in [-0.3, -0.25) is 0 Å². The van der Waals surface area contributed by atoms with Gasteiger partial charge in [0.05, 0.1) is 0 Å². The summed E-state index contributed by atoms with van der Waals surface area (Å²) in [7, 11) is 0. The Hall–Kier alpha value is -0.710. The second kappa shape index (κ2) is 3.70. The van der Waals surface area contributed by atoms with Gasteiger partial charge in [0.2, 0.25) is 0 Å². The highest BCUT2D eigenvalue weighted by molar-refractivity contribution is 9.10. The fourth-order valence-electron chi connectivity index (χ4n) is 1.72. The first-order chi connectivity index (χ1) is 6.97. The number of halogens is 4. The van der Waals surface area contributed by atoms with E-state index in [2.05, 4.69) is 21.2 Å². The molecule has 1 aliphatic rings. The van der Waals surface area contributed by atoms with Crippen LogP contribution in [0.15, 0.2) is 22.7 Å². The van der Waals surface area contributed by atoms with Crippen LogP contribution >= 0.6 is 15.9 Å². The van der Waals surface area contributed by atoms with Crippen molar-refractivity contribution in [1.82, 2.24) is 0 Å². The molecule has 1 nitrogen and oxygen atoms in total. The maximum atomic E-state index is 12.4. The summed E-state index contributed by atoms with van der Waals surface area (Å²) in [5, 5.41) is 2.52. The molecule has 0 spiro atoms. The van der Waals surface area contributed by atoms with Crippen molar-refractivity contribution >= 4 is 21.6 Å². The predicted molar refractivity (Wildman–Crippen MR) is 55.9 cm³/mol. The van der Waals surface area contributed by atoms with E-state index in [9.17, 15) is 13.2 Å². The maximum Gasteiger partial charge on any atom is 0.408 e. The van der Waals surface area contributed by atoms with Crippen molar-refractivity contribution in [2.24, 2.45) is 0 Å². The molecule has 0 aromatic heterocycles. The fraction of sp³-hybridized carbons (Fsp3) is 0.400. The summed E-state index contributed by atoms with van der Waals surface area (Å²) in [6.45, 7) is 0. The minimum atomic E-state index is -4.16. The van der Waals surface area contributed by atoms with Gasteiger partial charge in [0.1, 0.15) is 6.04 Å². The van der Waals surface area contributed by atoms with Crippen LogP contribution in [0.4, 0.5) is 18.9 Å². The van der Waals surface area contributed by atoms with Crippen LogP contribution in [0.5, 0.6) is 0 Å². The highest BCUT2D eigenvalue weighted by Gasteiger charge is 2.41. The van der Waals surface area contributed by atoms with Gasteiger partial charge < -0.3 is 5.32 Å². The third-order valence-electron chi connectivity index (χ3n) is 2.49. The van der Waals surface area contributed by atoms with Crippen LogP contribution in [0.3, 0.4) is 0 Å². The predicted octanol–water partition coefficient (Wildman–Crippen LogP) is 3.74. The Bertz CT molecular complexity index is 375. The molecule has 0 saturated heterocycles. The number of rotatable bonds is 0. The molecule has 0 amide bonds. The van der Waals surface area contributed by atoms with Crippen LogP contribution in [-0.2, 0) is 6.42 Å². The fourth-order valence-corrected chi connectivity index (χ4v) is 2.12. The molecule has 1 heterocycles. The van der Waals surface area contributed by atoms with Crippen molar-refractivity contribution in [3.63, 3.8) is 0 Å². The van der Waals surface area contributed by atoms with Gasteiger partial charge in [0.25, 0.3) is 0 Å². The molecule has 1 aliphatic heterocycles. The number of nitrogens with one attached hydrogen (secondary N) is 1. The van der Waals surface area contributed by atoms with Crippen molar-refractivity contribution in [3.8, 4) is 0 Å². The van der Waals surface area contributed by atoms with E-state index in [0.29, 0.717) is 12.1 Å². The first-order valence-corrected chi connectivity index (χ1v) is 5.38. The molecule has 0 aliphatic carbocycles. The molecule has 1 atom stereocenters. The average Bonchev–Trinajstić information content (AvgIpc) is 2.15. The molecule has 2 rings (SSSR count). The SMILES string of the molecule is FC(F)(F)[C@H]1CCc2cc(Br)ccc2N1. The first-order valence-electron chi connectivity index (χ1n) is 4.58. The van der Waals surface area contributed by atoms with Crippen LogP contribution in [0.1, 0.15) is 12.0 Å². The molecule has 0 saturated carbocycles. The molecule has 0 fully saturated rings. The molecule has 1 aromatic carbocycles. The molecule has 0 radical (unpaired) electrons. The molecule has 0 bridgehead atoms. The second-order valence-electron chi connectivity index (χ2n) is 3.58. The number of alkyl halides is 3. The minimum absolute atomic E-state index is 0.104. The maximum absolute atomic E-state index is 12.4. The molecule has 1 aromatic rings. The molecule has 5 heteroatoms. The number of benzene rings is 1. The van der Waals surface area contributed by atoms with E-state index in [4.69, 9.17) is 0 Å². The molecule has 15 heavy (non-hydrogen) atoms. The largest absolute Gasteiger partial charge is 0.408 e. The van der Waals surface area contributed by atoms with Crippen LogP contribution in [-0.4, -0.2) is 12.2 Å². The minimum Gasteiger partial charge on any atom is -0.374 e. The third-order valence-corrected chi connectivity index (χ3v) is 2.99. The smallest absolute Gasteiger partial charge is 0.374 e. The topological polar surface area (TPSA) is 12.0 Å². The molecular weight excluding hydrogens is 271 g/mol. The highest BCUT2D eigenvalue weighted by atomic mass is 79.9. The van der Waals surface area contributed by atoms with Gasteiger partial charge in [0.15, 0.2) is 0 Å². The van der Waals surface area contributed by atoms with Crippen LogP contribution < -0.4 is 5.32 Å². The van der Waals surface area contributed by atoms with E-state index in [0.717, 1.165) is 10.0 Å². The van der Waals surface area contributed by atoms with Crippen LogP contribution in [0.25, 0.3) is 0 Å². The van der Waals surface area contributed by atoms with E-state index >= 15 is 0 Å². The number of aryl methyl sites for hydroxylation is 1. The Balaban J connectivity index is 2.24. The van der Waals surface area contributed by atoms with Gasteiger partial charge in [-0.05, 0) is 36.6 Å². The summed E-state index contributed by atoms with van der Waals surface area (Å²) in [6, 6.07) is 3.86. The lowest BCUT2D eigenvalue weighted by molar-refractivity contribution is -0.144. The van der Waals surface area contributed by atoms with Gasteiger partial charge >= 0.3 is 6.18 Å². The van der Waals surface area contributed by atoms with Crippen molar-refractivity contribution in [2.45, 2.75) is 25.1 Å². The Morgan fingerprint density at radius 2 is 2.07 bits per heavy atom. The van der Waals surface area contributed by atoms with E-state index < -0.39 is 12.2 Å². The monoisotopic (exact) mass is 279 g/mol. The lowest BCUT2D eigenvalue weighted by Crippen LogP contribution is -2.39. The summed E-state index contributed by atoms with van der Waals surface area (Å²) in [5.74, 6) is 0. The average molecular weight is 280 g/mol. The first kappa shape index (κ1) is 10.8. The lowest BCUT2D eigenvalue weighted by Gasteiger charge is -2.28. The Morgan fingerprint density at radius 1 is 1.33 bits per heavy atom. The molecular formula is C10H9BrF3N. The van der Waals surface area contributed by atoms with Crippen molar-refractivity contribution < 1.29 is 13.2 Å². The standard InChI is InChI=1S/C10H9BrF3N/c11-7-2-3-8-6(5-7)1-4-9(15-8)10(12,13)14/h2-3,5,9,15H,1,4H2/t9-/m1/s1. The number of hydrogen-bond acceptors (Lipinski definition) is 1. The Kier molecular flexibility index (Phi) is 2.66. The summed E-state index contributed by atoms with van der Waals surface area (Å²) < 4.78 is 38.2. The Morgan fingerprint density at radius 3 is 2.73 bits per heavy atom. The van der Waals surface area contributed by atoms with Gasteiger partial charge in [0, 0.05) is 10.2 Å². The van der Waals surface area contributed by atoms with Gasteiger partial charge in [-0.1, -0.05) is 15.9 Å². The number of anilines is 1. The van der Waals surface area contributed by atoms with Crippen LogP contribution in [0, 0.1) is 0 Å². The summed E-state index contributed by atoms with van der Waals surface area (Å²) in [6.07, 6.45) is -3.59. The number of hydrogen-bond donors (Lipinski definition) is 1. The van der Waals surface area contributed by atoms with Gasteiger partial charge in [-0.15, -0.1) is 0 Å². The number of fused-ring (bicyclic) bond motifs is 1. The van der Waals surface area contributed by atoms with Crippen molar-refractivity contribution in [3.05, 3.63) is 28.2 Å². The van der Waals surface area contributed by atoms with E-state index in [1.54, 1.807) is 12.1 Å². The third kappa shape index (κ3) is 2.27. The van der Waals surface area contributed by atoms with Crippen molar-refractivity contribution in [2.75, 3.05) is 5.32 Å².